The molecule has 6 heteroatoms. The Kier molecular flexibility index (Phi) is 4.19. The predicted octanol–water partition coefficient (Wildman–Crippen LogP) is 3.29. The Morgan fingerprint density at radius 2 is 2.11 bits per heavy atom. The number of benzene rings is 1. The second kappa shape index (κ2) is 5.69. The lowest BCUT2D eigenvalue weighted by molar-refractivity contribution is 0.333. The number of tetrazole rings is 1. The van der Waals surface area contributed by atoms with Crippen LogP contribution in [0, 0.1) is 5.92 Å². The molecule has 0 bridgehead atoms. The smallest absolute Gasteiger partial charge is 0.183 e. The minimum Gasteiger partial charge on any atom is -0.399 e. The Morgan fingerprint density at radius 3 is 2.74 bits per heavy atom. The maximum absolute atomic E-state index is 5.85. The average molecular weight is 324 g/mol. The summed E-state index contributed by atoms with van der Waals surface area (Å²) < 4.78 is 2.83. The highest BCUT2D eigenvalue weighted by atomic mass is 79.9. The highest BCUT2D eigenvalue weighted by Gasteiger charge is 2.21. The normalized spacial score (nSPS) is 12.9. The molecule has 1 unspecified atom stereocenters. The summed E-state index contributed by atoms with van der Waals surface area (Å²) in [5.41, 5.74) is 7.47. The van der Waals surface area contributed by atoms with Crippen LogP contribution in [-0.4, -0.2) is 20.2 Å². The molecule has 0 aliphatic carbocycles. The van der Waals surface area contributed by atoms with Gasteiger partial charge in [0.2, 0.25) is 0 Å². The van der Waals surface area contributed by atoms with Crippen LogP contribution in [0.15, 0.2) is 22.7 Å². The Morgan fingerprint density at radius 1 is 1.37 bits per heavy atom. The van der Waals surface area contributed by atoms with Crippen LogP contribution in [0.1, 0.15) is 33.2 Å². The fourth-order valence-corrected chi connectivity index (χ4v) is 2.66. The first-order valence-electron chi connectivity index (χ1n) is 6.37. The Balaban J connectivity index is 2.52. The summed E-state index contributed by atoms with van der Waals surface area (Å²) in [6.07, 6.45) is 0.982. The van der Waals surface area contributed by atoms with Crippen molar-refractivity contribution in [3.8, 4) is 11.4 Å². The Labute approximate surface area is 121 Å². The fraction of sp³-hybridized carbons (Fsp3) is 0.462. The lowest BCUT2D eigenvalue weighted by Gasteiger charge is -2.20. The molecule has 1 atom stereocenters. The van der Waals surface area contributed by atoms with Gasteiger partial charge in [-0.1, -0.05) is 36.7 Å². The van der Waals surface area contributed by atoms with E-state index >= 15 is 0 Å². The fourth-order valence-electron chi connectivity index (χ4n) is 2.24. The van der Waals surface area contributed by atoms with Crippen molar-refractivity contribution >= 4 is 21.6 Å². The van der Waals surface area contributed by atoms with Crippen LogP contribution in [-0.2, 0) is 0 Å². The number of hydrogen-bond acceptors (Lipinski definition) is 4. The molecule has 0 fully saturated rings. The number of aromatic nitrogens is 4. The van der Waals surface area contributed by atoms with E-state index in [-0.39, 0.29) is 6.04 Å². The van der Waals surface area contributed by atoms with Gasteiger partial charge in [0.15, 0.2) is 5.82 Å². The Hall–Kier alpha value is -1.43. The molecule has 5 nitrogen and oxygen atoms in total. The average Bonchev–Trinajstić information content (AvgIpc) is 2.81. The first-order valence-corrected chi connectivity index (χ1v) is 7.17. The van der Waals surface area contributed by atoms with Crippen molar-refractivity contribution in [2.24, 2.45) is 5.92 Å². The third-order valence-corrected chi connectivity index (χ3v) is 3.92. The molecule has 2 rings (SSSR count). The van der Waals surface area contributed by atoms with Crippen LogP contribution >= 0.6 is 15.9 Å². The van der Waals surface area contributed by atoms with E-state index in [0.717, 1.165) is 22.3 Å². The van der Waals surface area contributed by atoms with Crippen molar-refractivity contribution in [3.63, 3.8) is 0 Å². The van der Waals surface area contributed by atoms with E-state index in [1.54, 1.807) is 0 Å². The first kappa shape index (κ1) is 14.0. The van der Waals surface area contributed by atoms with E-state index in [1.807, 2.05) is 22.9 Å². The molecule has 0 aliphatic rings. The minimum absolute atomic E-state index is 0.276. The molecule has 19 heavy (non-hydrogen) atoms. The molecule has 0 aliphatic heterocycles. The molecule has 2 N–H and O–H groups in total. The van der Waals surface area contributed by atoms with E-state index in [1.165, 1.54) is 0 Å². The summed E-state index contributed by atoms with van der Waals surface area (Å²) in [5.74, 6) is 1.21. The van der Waals surface area contributed by atoms with Crippen LogP contribution < -0.4 is 5.73 Å². The van der Waals surface area contributed by atoms with Crippen LogP contribution in [0.3, 0.4) is 0 Å². The van der Waals surface area contributed by atoms with Gasteiger partial charge in [0.1, 0.15) is 0 Å². The maximum atomic E-state index is 5.85. The second-order valence-electron chi connectivity index (χ2n) is 4.91. The molecule has 2 aromatic rings. The number of rotatable bonds is 4. The van der Waals surface area contributed by atoms with Crippen molar-refractivity contribution < 1.29 is 0 Å². The molecule has 0 radical (unpaired) electrons. The summed E-state index contributed by atoms with van der Waals surface area (Å²) in [6.45, 7) is 6.49. The minimum atomic E-state index is 0.276. The quantitative estimate of drug-likeness (QED) is 0.876. The summed E-state index contributed by atoms with van der Waals surface area (Å²) >= 11 is 3.53. The highest BCUT2D eigenvalue weighted by Crippen LogP contribution is 2.31. The highest BCUT2D eigenvalue weighted by molar-refractivity contribution is 9.10. The van der Waals surface area contributed by atoms with Gasteiger partial charge in [0.05, 0.1) is 6.04 Å². The molecule has 0 saturated carbocycles. The molecule has 0 saturated heterocycles. The zero-order chi connectivity index (χ0) is 14.0. The topological polar surface area (TPSA) is 69.6 Å². The van der Waals surface area contributed by atoms with E-state index < -0.39 is 0 Å². The standard InChI is InChI=1S/C13H18BrN5/c1-4-12(8(2)3)19-13(16-17-18-19)10-7-9(15)5-6-11(10)14/h5-8,12H,4,15H2,1-3H3. The molecular weight excluding hydrogens is 306 g/mol. The van der Waals surface area contributed by atoms with Crippen LogP contribution in [0.4, 0.5) is 5.69 Å². The lowest BCUT2D eigenvalue weighted by atomic mass is 10.0. The van der Waals surface area contributed by atoms with Gasteiger partial charge in [0, 0.05) is 15.7 Å². The summed E-state index contributed by atoms with van der Waals surface area (Å²) in [7, 11) is 0. The molecule has 0 amide bonds. The number of hydrogen-bond donors (Lipinski definition) is 1. The largest absolute Gasteiger partial charge is 0.399 e. The third kappa shape index (κ3) is 2.78. The lowest BCUT2D eigenvalue weighted by Crippen LogP contribution is -2.17. The monoisotopic (exact) mass is 323 g/mol. The molecule has 1 aromatic carbocycles. The van der Waals surface area contributed by atoms with E-state index in [4.69, 9.17) is 5.73 Å². The number of nitrogens with zero attached hydrogens (tertiary/aromatic N) is 4. The van der Waals surface area contributed by atoms with Crippen LogP contribution in [0.25, 0.3) is 11.4 Å². The van der Waals surface area contributed by atoms with Crippen molar-refractivity contribution in [2.75, 3.05) is 5.73 Å². The van der Waals surface area contributed by atoms with Gasteiger partial charge in [0.25, 0.3) is 0 Å². The molecule has 1 heterocycles. The number of anilines is 1. The zero-order valence-corrected chi connectivity index (χ0v) is 12.9. The van der Waals surface area contributed by atoms with Gasteiger partial charge in [-0.25, -0.2) is 4.68 Å². The van der Waals surface area contributed by atoms with E-state index in [0.29, 0.717) is 11.6 Å². The van der Waals surface area contributed by atoms with Gasteiger partial charge < -0.3 is 5.73 Å². The summed E-state index contributed by atoms with van der Waals surface area (Å²) in [4.78, 5) is 0. The van der Waals surface area contributed by atoms with Crippen molar-refractivity contribution in [2.45, 2.75) is 33.2 Å². The maximum Gasteiger partial charge on any atom is 0.183 e. The van der Waals surface area contributed by atoms with Crippen molar-refractivity contribution in [3.05, 3.63) is 22.7 Å². The molecule has 0 spiro atoms. The molecule has 102 valence electrons. The number of nitrogen functional groups attached to an aromatic ring is 1. The van der Waals surface area contributed by atoms with Gasteiger partial charge in [-0.05, 0) is 41.0 Å². The van der Waals surface area contributed by atoms with Crippen LogP contribution in [0.2, 0.25) is 0 Å². The number of halogens is 1. The Bertz CT molecular complexity index is 564. The first-order chi connectivity index (χ1) is 9.04. The van der Waals surface area contributed by atoms with E-state index in [9.17, 15) is 0 Å². The zero-order valence-electron chi connectivity index (χ0n) is 11.3. The van der Waals surface area contributed by atoms with Crippen molar-refractivity contribution in [1.29, 1.82) is 0 Å². The van der Waals surface area contributed by atoms with E-state index in [2.05, 4.69) is 52.2 Å². The third-order valence-electron chi connectivity index (χ3n) is 3.23. The molecular formula is C13H18BrN5. The van der Waals surface area contributed by atoms with Crippen molar-refractivity contribution in [1.82, 2.24) is 20.2 Å². The second-order valence-corrected chi connectivity index (χ2v) is 5.76. The van der Waals surface area contributed by atoms with Gasteiger partial charge in [-0.2, -0.15) is 0 Å². The summed E-state index contributed by atoms with van der Waals surface area (Å²) in [5, 5.41) is 12.1. The van der Waals surface area contributed by atoms with Gasteiger partial charge >= 0.3 is 0 Å². The summed E-state index contributed by atoms with van der Waals surface area (Å²) in [6, 6.07) is 5.93. The predicted molar refractivity (Wildman–Crippen MR) is 79.5 cm³/mol. The van der Waals surface area contributed by atoms with Gasteiger partial charge in [-0.15, -0.1) is 5.10 Å². The molecule has 1 aromatic heterocycles. The van der Waals surface area contributed by atoms with Gasteiger partial charge in [-0.3, -0.25) is 0 Å². The van der Waals surface area contributed by atoms with Crippen LogP contribution in [0.5, 0.6) is 0 Å². The SMILES string of the molecule is CCC(C(C)C)n1nnnc1-c1cc(N)ccc1Br. The number of nitrogens with two attached hydrogens (primary N) is 1.